The van der Waals surface area contributed by atoms with Crippen LogP contribution in [0.15, 0.2) is 0 Å². The van der Waals surface area contributed by atoms with E-state index in [0.29, 0.717) is 12.5 Å². The lowest BCUT2D eigenvalue weighted by atomic mass is 10.0. The molecule has 0 spiro atoms. The topological polar surface area (TPSA) is 75.4 Å². The Hall–Kier alpha value is -0.810. The lowest BCUT2D eigenvalue weighted by Crippen LogP contribution is -2.43. The van der Waals surface area contributed by atoms with Crippen molar-refractivity contribution in [2.45, 2.75) is 33.6 Å². The lowest BCUT2D eigenvalue weighted by Gasteiger charge is -2.25. The van der Waals surface area contributed by atoms with Crippen LogP contribution < -0.4 is 11.1 Å². The van der Waals surface area contributed by atoms with Gasteiger partial charge in [0.05, 0.1) is 13.1 Å². The molecule has 0 fully saturated rings. The molecule has 0 radical (unpaired) electrons. The standard InChI is InChI=1S/C12H25N3O2.ClH/c1-4-10(5-2)9-15(6-3)12(17)8-14-11(16)7-13;/h10H,4-9,13H2,1-3H3,(H,14,16);1H. The van der Waals surface area contributed by atoms with E-state index in [1.807, 2.05) is 6.92 Å². The van der Waals surface area contributed by atoms with Gasteiger partial charge in [0.15, 0.2) is 0 Å². The highest BCUT2D eigenvalue weighted by molar-refractivity contribution is 5.85. The van der Waals surface area contributed by atoms with Crippen LogP contribution in [0, 0.1) is 5.92 Å². The maximum absolute atomic E-state index is 11.8. The molecular weight excluding hydrogens is 254 g/mol. The van der Waals surface area contributed by atoms with Crippen LogP contribution in [0.2, 0.25) is 0 Å². The first-order chi connectivity index (χ1) is 8.08. The van der Waals surface area contributed by atoms with E-state index in [-0.39, 0.29) is 37.3 Å². The maximum atomic E-state index is 11.8. The van der Waals surface area contributed by atoms with Gasteiger partial charge in [0.2, 0.25) is 11.8 Å². The first-order valence-electron chi connectivity index (χ1n) is 6.33. The number of hydrogen-bond donors (Lipinski definition) is 2. The van der Waals surface area contributed by atoms with E-state index in [1.165, 1.54) is 0 Å². The summed E-state index contributed by atoms with van der Waals surface area (Å²) in [6.07, 6.45) is 2.13. The third-order valence-corrected chi connectivity index (χ3v) is 2.99. The van der Waals surface area contributed by atoms with Crippen molar-refractivity contribution in [3.8, 4) is 0 Å². The van der Waals surface area contributed by atoms with Gasteiger partial charge in [0, 0.05) is 13.1 Å². The third kappa shape index (κ3) is 7.50. The first kappa shape index (κ1) is 19.5. The Balaban J connectivity index is 0. The summed E-state index contributed by atoms with van der Waals surface area (Å²) in [6, 6.07) is 0. The molecule has 5 nitrogen and oxygen atoms in total. The Morgan fingerprint density at radius 1 is 1.22 bits per heavy atom. The second-order valence-corrected chi connectivity index (χ2v) is 4.10. The predicted octanol–water partition coefficient (Wildman–Crippen LogP) is 0.768. The van der Waals surface area contributed by atoms with Crippen LogP contribution in [0.3, 0.4) is 0 Å². The minimum absolute atomic E-state index is 0. The van der Waals surface area contributed by atoms with Gasteiger partial charge in [-0.05, 0) is 12.8 Å². The molecule has 0 atom stereocenters. The van der Waals surface area contributed by atoms with Crippen LogP contribution in [-0.4, -0.2) is 42.9 Å². The summed E-state index contributed by atoms with van der Waals surface area (Å²) < 4.78 is 0. The Morgan fingerprint density at radius 2 is 1.78 bits per heavy atom. The summed E-state index contributed by atoms with van der Waals surface area (Å²) in [4.78, 5) is 24.6. The highest BCUT2D eigenvalue weighted by atomic mass is 35.5. The first-order valence-corrected chi connectivity index (χ1v) is 6.33. The van der Waals surface area contributed by atoms with Gasteiger partial charge in [-0.3, -0.25) is 9.59 Å². The van der Waals surface area contributed by atoms with Gasteiger partial charge in [-0.2, -0.15) is 0 Å². The number of amides is 2. The molecule has 108 valence electrons. The van der Waals surface area contributed by atoms with Crippen LogP contribution in [0.1, 0.15) is 33.6 Å². The molecule has 2 amide bonds. The van der Waals surface area contributed by atoms with Crippen molar-refractivity contribution >= 4 is 24.2 Å². The molecule has 0 aromatic heterocycles. The van der Waals surface area contributed by atoms with Crippen molar-refractivity contribution in [3.63, 3.8) is 0 Å². The van der Waals surface area contributed by atoms with Crippen molar-refractivity contribution in [2.24, 2.45) is 11.7 Å². The van der Waals surface area contributed by atoms with Crippen molar-refractivity contribution in [1.82, 2.24) is 10.2 Å². The second kappa shape index (κ2) is 11.3. The summed E-state index contributed by atoms with van der Waals surface area (Å²) in [7, 11) is 0. The summed E-state index contributed by atoms with van der Waals surface area (Å²) in [5.41, 5.74) is 5.15. The van der Waals surface area contributed by atoms with Crippen LogP contribution >= 0.6 is 12.4 Å². The quantitative estimate of drug-likeness (QED) is 0.689. The Bertz CT molecular complexity index is 245. The molecule has 0 saturated heterocycles. The van der Waals surface area contributed by atoms with E-state index in [0.717, 1.165) is 19.4 Å². The van der Waals surface area contributed by atoms with Gasteiger partial charge in [-0.1, -0.05) is 26.7 Å². The summed E-state index contributed by atoms with van der Waals surface area (Å²) >= 11 is 0. The summed E-state index contributed by atoms with van der Waals surface area (Å²) in [5, 5.41) is 2.50. The number of carbonyl (C=O) groups is 2. The third-order valence-electron chi connectivity index (χ3n) is 2.99. The van der Waals surface area contributed by atoms with Gasteiger partial charge in [0.25, 0.3) is 0 Å². The molecule has 0 saturated carbocycles. The van der Waals surface area contributed by atoms with E-state index in [4.69, 9.17) is 5.73 Å². The number of carbonyl (C=O) groups excluding carboxylic acids is 2. The van der Waals surface area contributed by atoms with E-state index >= 15 is 0 Å². The fourth-order valence-electron chi connectivity index (χ4n) is 1.62. The zero-order valence-electron chi connectivity index (χ0n) is 11.6. The molecule has 0 rings (SSSR count). The SMILES string of the molecule is CCC(CC)CN(CC)C(=O)CNC(=O)CN.Cl. The van der Waals surface area contributed by atoms with Crippen molar-refractivity contribution in [2.75, 3.05) is 26.2 Å². The monoisotopic (exact) mass is 279 g/mol. The Morgan fingerprint density at radius 3 is 2.17 bits per heavy atom. The van der Waals surface area contributed by atoms with E-state index in [2.05, 4.69) is 19.2 Å². The zero-order valence-corrected chi connectivity index (χ0v) is 12.4. The largest absolute Gasteiger partial charge is 0.346 e. The summed E-state index contributed by atoms with van der Waals surface area (Å²) in [6.45, 7) is 7.61. The second-order valence-electron chi connectivity index (χ2n) is 4.10. The average molecular weight is 280 g/mol. The fraction of sp³-hybridized carbons (Fsp3) is 0.833. The maximum Gasteiger partial charge on any atom is 0.241 e. The van der Waals surface area contributed by atoms with E-state index < -0.39 is 0 Å². The molecule has 0 aliphatic heterocycles. The molecule has 0 aromatic rings. The Kier molecular flexibility index (Phi) is 12.2. The molecule has 0 heterocycles. The van der Waals surface area contributed by atoms with Gasteiger partial charge >= 0.3 is 0 Å². The molecule has 0 aliphatic carbocycles. The highest BCUT2D eigenvalue weighted by Crippen LogP contribution is 2.09. The highest BCUT2D eigenvalue weighted by Gasteiger charge is 2.15. The Labute approximate surface area is 116 Å². The van der Waals surface area contributed by atoms with E-state index in [9.17, 15) is 9.59 Å². The number of halogens is 1. The van der Waals surface area contributed by atoms with Crippen molar-refractivity contribution in [1.29, 1.82) is 0 Å². The molecule has 0 aromatic carbocycles. The summed E-state index contributed by atoms with van der Waals surface area (Å²) in [5.74, 6) is 0.197. The van der Waals surface area contributed by atoms with Crippen LogP contribution in [0.25, 0.3) is 0 Å². The van der Waals surface area contributed by atoms with Crippen LogP contribution in [-0.2, 0) is 9.59 Å². The average Bonchev–Trinajstić information content (AvgIpc) is 2.37. The van der Waals surface area contributed by atoms with Crippen molar-refractivity contribution < 1.29 is 9.59 Å². The molecule has 0 bridgehead atoms. The fourth-order valence-corrected chi connectivity index (χ4v) is 1.62. The minimum Gasteiger partial charge on any atom is -0.346 e. The molecule has 18 heavy (non-hydrogen) atoms. The molecule has 3 N–H and O–H groups in total. The minimum atomic E-state index is -0.295. The normalized spacial score (nSPS) is 9.83. The van der Waals surface area contributed by atoms with Crippen LogP contribution in [0.5, 0.6) is 0 Å². The molecule has 0 aliphatic rings. The van der Waals surface area contributed by atoms with Gasteiger partial charge in [-0.25, -0.2) is 0 Å². The number of nitrogens with one attached hydrogen (secondary N) is 1. The number of nitrogens with two attached hydrogens (primary N) is 1. The molecule has 0 unspecified atom stereocenters. The number of nitrogens with zero attached hydrogens (tertiary/aromatic N) is 1. The van der Waals surface area contributed by atoms with Gasteiger partial charge < -0.3 is 16.0 Å². The van der Waals surface area contributed by atoms with Crippen molar-refractivity contribution in [3.05, 3.63) is 0 Å². The molecule has 6 heteroatoms. The van der Waals surface area contributed by atoms with Crippen LogP contribution in [0.4, 0.5) is 0 Å². The lowest BCUT2D eigenvalue weighted by molar-refractivity contribution is -0.133. The van der Waals surface area contributed by atoms with Gasteiger partial charge in [0.1, 0.15) is 0 Å². The molecular formula is C12H26ClN3O2. The number of rotatable bonds is 8. The van der Waals surface area contributed by atoms with E-state index in [1.54, 1.807) is 4.90 Å². The zero-order chi connectivity index (χ0) is 13.3. The predicted molar refractivity (Wildman–Crippen MR) is 75.6 cm³/mol. The number of hydrogen-bond acceptors (Lipinski definition) is 3. The number of likely N-dealkylation sites (N-methyl/N-ethyl adjacent to an activating group) is 1. The smallest absolute Gasteiger partial charge is 0.241 e. The van der Waals surface area contributed by atoms with Gasteiger partial charge in [-0.15, -0.1) is 12.4 Å².